The lowest BCUT2D eigenvalue weighted by molar-refractivity contribution is -0.0467. The lowest BCUT2D eigenvalue weighted by atomic mass is 9.68. The molecule has 0 N–H and O–H groups in total. The summed E-state index contributed by atoms with van der Waals surface area (Å²) >= 11 is 0. The summed E-state index contributed by atoms with van der Waals surface area (Å²) in [5.41, 5.74) is 0.434. The minimum Gasteiger partial charge on any atom is -0.490 e. The molecule has 1 heterocycles. The predicted molar refractivity (Wildman–Crippen MR) is 125 cm³/mol. The Morgan fingerprint density at radius 2 is 1.56 bits per heavy atom. The molecule has 1 aromatic rings. The zero-order valence-electron chi connectivity index (χ0n) is 19.7. The molecule has 0 bridgehead atoms. The maximum atomic E-state index is 14.7. The van der Waals surface area contributed by atoms with Crippen LogP contribution in [0.3, 0.4) is 0 Å². The van der Waals surface area contributed by atoms with Gasteiger partial charge in [-0.3, -0.25) is 0 Å². The molecule has 2 saturated carbocycles. The second-order valence-corrected chi connectivity index (χ2v) is 10.4. The molecule has 4 heteroatoms. The number of rotatable bonds is 7. The first kappa shape index (κ1) is 23.7. The van der Waals surface area contributed by atoms with E-state index in [1.54, 1.807) is 12.1 Å². The largest absolute Gasteiger partial charge is 0.490 e. The third kappa shape index (κ3) is 5.38. The Balaban J connectivity index is 1.25. The Morgan fingerprint density at radius 1 is 0.906 bits per heavy atom. The van der Waals surface area contributed by atoms with Gasteiger partial charge in [0.05, 0.1) is 19.3 Å². The van der Waals surface area contributed by atoms with Gasteiger partial charge in [0.2, 0.25) is 5.82 Å². The average molecular weight is 447 g/mol. The maximum Gasteiger partial charge on any atom is 0.200 e. The van der Waals surface area contributed by atoms with Crippen molar-refractivity contribution in [2.45, 2.75) is 89.6 Å². The molecule has 4 rings (SSSR count). The maximum absolute atomic E-state index is 14.7. The van der Waals surface area contributed by atoms with E-state index >= 15 is 0 Å². The number of ether oxygens (including phenoxy) is 2. The van der Waals surface area contributed by atoms with E-state index in [-0.39, 0.29) is 17.8 Å². The molecule has 2 atom stereocenters. The minimum atomic E-state index is -0.862. The summed E-state index contributed by atoms with van der Waals surface area (Å²) in [6, 6.07) is 3.25. The van der Waals surface area contributed by atoms with E-state index in [4.69, 9.17) is 9.47 Å². The van der Waals surface area contributed by atoms with Crippen molar-refractivity contribution in [3.8, 4) is 5.75 Å². The molecule has 1 saturated heterocycles. The Labute approximate surface area is 192 Å². The molecule has 3 fully saturated rings. The lowest BCUT2D eigenvalue weighted by Crippen LogP contribution is -2.35. The van der Waals surface area contributed by atoms with Crippen LogP contribution in [0.5, 0.6) is 5.75 Å². The highest BCUT2D eigenvalue weighted by molar-refractivity contribution is 5.33. The fourth-order valence-electron chi connectivity index (χ4n) is 6.41. The Hall–Kier alpha value is -1.42. The molecular formula is C28H40F2O2. The van der Waals surface area contributed by atoms with Crippen molar-refractivity contribution in [3.63, 3.8) is 0 Å². The van der Waals surface area contributed by atoms with Crippen LogP contribution in [0.25, 0.3) is 0 Å². The van der Waals surface area contributed by atoms with Crippen molar-refractivity contribution in [1.29, 1.82) is 0 Å². The fraction of sp³-hybridized carbons (Fsp3) is 0.714. The van der Waals surface area contributed by atoms with Gasteiger partial charge in [0.15, 0.2) is 11.6 Å². The monoisotopic (exact) mass is 446 g/mol. The van der Waals surface area contributed by atoms with Gasteiger partial charge >= 0.3 is 0 Å². The number of hydrogen-bond donors (Lipinski definition) is 0. The third-order valence-electron chi connectivity index (χ3n) is 8.45. The lowest BCUT2D eigenvalue weighted by Gasteiger charge is -2.41. The highest BCUT2D eigenvalue weighted by Gasteiger charge is 2.36. The van der Waals surface area contributed by atoms with Crippen LogP contribution in [0.2, 0.25) is 0 Å². The van der Waals surface area contributed by atoms with Gasteiger partial charge in [-0.2, -0.15) is 4.39 Å². The molecule has 32 heavy (non-hydrogen) atoms. The van der Waals surface area contributed by atoms with Gasteiger partial charge in [-0.15, -0.1) is 6.58 Å². The molecule has 2 nitrogen and oxygen atoms in total. The van der Waals surface area contributed by atoms with E-state index < -0.39 is 11.6 Å². The van der Waals surface area contributed by atoms with Gasteiger partial charge in [-0.1, -0.05) is 19.1 Å². The highest BCUT2D eigenvalue weighted by Crippen LogP contribution is 2.44. The Bertz CT molecular complexity index is 740. The quantitative estimate of drug-likeness (QED) is 0.398. The summed E-state index contributed by atoms with van der Waals surface area (Å²) in [6.07, 6.45) is 15.6. The third-order valence-corrected chi connectivity index (χ3v) is 8.45. The first-order valence-electron chi connectivity index (χ1n) is 13.0. The van der Waals surface area contributed by atoms with E-state index in [0.29, 0.717) is 24.7 Å². The standard InChI is InChI=1S/C28H40F2O2/c1-3-17-31-26-16-14-24(27(29)28(26)30)23-13-15-25(32-18-23)22-11-9-21(10-12-22)20-7-5-19(4-2)6-8-20/h4,14,16,19-23,25H,2-3,5-13,15,17-18H2,1H3. The fourth-order valence-corrected chi connectivity index (χ4v) is 6.41. The van der Waals surface area contributed by atoms with Crippen LogP contribution in [-0.2, 0) is 4.74 Å². The van der Waals surface area contributed by atoms with Crippen LogP contribution in [-0.4, -0.2) is 19.3 Å². The average Bonchev–Trinajstić information content (AvgIpc) is 2.85. The molecule has 1 aromatic carbocycles. The van der Waals surface area contributed by atoms with Crippen LogP contribution < -0.4 is 4.74 Å². The van der Waals surface area contributed by atoms with Crippen molar-refractivity contribution >= 4 is 0 Å². The number of halogens is 2. The summed E-state index contributed by atoms with van der Waals surface area (Å²) in [5.74, 6) is 1.48. The predicted octanol–water partition coefficient (Wildman–Crippen LogP) is 7.82. The molecular weight excluding hydrogens is 406 g/mol. The SMILES string of the molecule is C=CC1CCC(C2CCC(C3CCC(c4ccc(OCCC)c(F)c4F)CO3)CC2)CC1. The minimum absolute atomic E-state index is 0.0115. The molecule has 3 aliphatic rings. The van der Waals surface area contributed by atoms with Crippen LogP contribution >= 0.6 is 0 Å². The Morgan fingerprint density at radius 3 is 2.16 bits per heavy atom. The molecule has 1 aliphatic heterocycles. The van der Waals surface area contributed by atoms with E-state index in [1.165, 1.54) is 51.4 Å². The summed E-state index contributed by atoms with van der Waals surface area (Å²) in [4.78, 5) is 0. The number of hydrogen-bond acceptors (Lipinski definition) is 2. The number of allylic oxidation sites excluding steroid dienone is 1. The van der Waals surface area contributed by atoms with Crippen molar-refractivity contribution in [2.75, 3.05) is 13.2 Å². The summed E-state index contributed by atoms with van der Waals surface area (Å²) in [5, 5.41) is 0. The van der Waals surface area contributed by atoms with E-state index in [2.05, 4.69) is 12.7 Å². The summed E-state index contributed by atoms with van der Waals surface area (Å²) < 4.78 is 40.6. The smallest absolute Gasteiger partial charge is 0.200 e. The number of benzene rings is 1. The molecule has 0 aromatic heterocycles. The summed E-state index contributed by atoms with van der Waals surface area (Å²) in [6.45, 7) is 6.80. The van der Waals surface area contributed by atoms with Crippen LogP contribution in [0.1, 0.15) is 89.0 Å². The van der Waals surface area contributed by atoms with E-state index in [1.807, 2.05) is 6.92 Å². The van der Waals surface area contributed by atoms with Gasteiger partial charge in [0.25, 0.3) is 0 Å². The van der Waals surface area contributed by atoms with Gasteiger partial charge in [0, 0.05) is 5.92 Å². The first-order valence-corrected chi connectivity index (χ1v) is 13.0. The van der Waals surface area contributed by atoms with E-state index in [9.17, 15) is 8.78 Å². The molecule has 2 unspecified atom stereocenters. The highest BCUT2D eigenvalue weighted by atomic mass is 19.2. The molecule has 0 amide bonds. The molecule has 0 radical (unpaired) electrons. The van der Waals surface area contributed by atoms with Gasteiger partial charge in [-0.25, -0.2) is 4.39 Å². The molecule has 178 valence electrons. The molecule has 0 spiro atoms. The van der Waals surface area contributed by atoms with Crippen LogP contribution in [0.4, 0.5) is 8.78 Å². The van der Waals surface area contributed by atoms with Gasteiger partial charge in [0.1, 0.15) is 0 Å². The van der Waals surface area contributed by atoms with Gasteiger partial charge < -0.3 is 9.47 Å². The van der Waals surface area contributed by atoms with Crippen molar-refractivity contribution < 1.29 is 18.3 Å². The van der Waals surface area contributed by atoms with Crippen LogP contribution in [0.15, 0.2) is 24.8 Å². The zero-order chi connectivity index (χ0) is 22.5. The van der Waals surface area contributed by atoms with Crippen molar-refractivity contribution in [2.24, 2.45) is 23.7 Å². The first-order chi connectivity index (χ1) is 15.6. The summed E-state index contributed by atoms with van der Waals surface area (Å²) in [7, 11) is 0. The van der Waals surface area contributed by atoms with Gasteiger partial charge in [-0.05, 0) is 106 Å². The normalized spacial score (nSPS) is 33.6. The molecule has 2 aliphatic carbocycles. The zero-order valence-corrected chi connectivity index (χ0v) is 19.7. The van der Waals surface area contributed by atoms with Crippen molar-refractivity contribution in [1.82, 2.24) is 0 Å². The van der Waals surface area contributed by atoms with E-state index in [0.717, 1.165) is 37.0 Å². The second kappa shape index (κ2) is 11.1. The van der Waals surface area contributed by atoms with Crippen molar-refractivity contribution in [3.05, 3.63) is 42.0 Å². The Kier molecular flexibility index (Phi) is 8.26. The van der Waals surface area contributed by atoms with Crippen LogP contribution in [0, 0.1) is 35.3 Å². The topological polar surface area (TPSA) is 18.5 Å². The second-order valence-electron chi connectivity index (χ2n) is 10.4.